The van der Waals surface area contributed by atoms with Gasteiger partial charge in [-0.2, -0.15) is 5.26 Å². The minimum atomic E-state index is -1.44. The minimum absolute atomic E-state index is 0.430. The van der Waals surface area contributed by atoms with E-state index < -0.39 is 12.2 Å². The smallest absolute Gasteiger partial charge is 0.170 e. The van der Waals surface area contributed by atoms with E-state index in [0.29, 0.717) is 16.5 Å². The van der Waals surface area contributed by atoms with Crippen LogP contribution in [-0.2, 0) is 0 Å². The van der Waals surface area contributed by atoms with E-state index in [1.807, 2.05) is 6.07 Å². The Morgan fingerprint density at radius 2 is 2.00 bits per heavy atom. The lowest BCUT2D eigenvalue weighted by molar-refractivity contribution is 0.0532. The van der Waals surface area contributed by atoms with Gasteiger partial charge in [-0.25, -0.2) is 0 Å². The van der Waals surface area contributed by atoms with Crippen molar-refractivity contribution in [2.45, 2.75) is 12.2 Å². The maximum absolute atomic E-state index is 9.64. The molecule has 2 atom stereocenters. The van der Waals surface area contributed by atoms with Gasteiger partial charge in [0.25, 0.3) is 0 Å². The average molecular weight is 203 g/mol. The number of aliphatic hydroxyl groups excluding tert-OH is 2. The van der Waals surface area contributed by atoms with E-state index in [1.165, 1.54) is 6.26 Å². The van der Waals surface area contributed by atoms with Gasteiger partial charge in [0, 0.05) is 10.9 Å². The average Bonchev–Trinajstić information content (AvgIpc) is 2.70. The molecule has 0 saturated carbocycles. The summed E-state index contributed by atoms with van der Waals surface area (Å²) in [6.07, 6.45) is -1.32. The maximum atomic E-state index is 9.64. The summed E-state index contributed by atoms with van der Waals surface area (Å²) in [6.45, 7) is 0. The number of rotatable bonds is 2. The highest BCUT2D eigenvalue weighted by atomic mass is 16.3. The van der Waals surface area contributed by atoms with E-state index >= 15 is 0 Å². The van der Waals surface area contributed by atoms with Gasteiger partial charge in [0.05, 0.1) is 12.3 Å². The Kier molecular flexibility index (Phi) is 2.42. The summed E-state index contributed by atoms with van der Waals surface area (Å²) >= 11 is 0. The fourth-order valence-corrected chi connectivity index (χ4v) is 1.47. The van der Waals surface area contributed by atoms with Gasteiger partial charge in [0.1, 0.15) is 11.7 Å². The first-order valence-corrected chi connectivity index (χ1v) is 4.46. The van der Waals surface area contributed by atoms with Gasteiger partial charge in [-0.05, 0) is 6.07 Å². The highest BCUT2D eigenvalue weighted by Gasteiger charge is 2.21. The van der Waals surface area contributed by atoms with Crippen LogP contribution in [0.4, 0.5) is 0 Å². The van der Waals surface area contributed by atoms with Gasteiger partial charge in [0.2, 0.25) is 0 Å². The van der Waals surface area contributed by atoms with Crippen molar-refractivity contribution in [3.63, 3.8) is 0 Å². The second-order valence-electron chi connectivity index (χ2n) is 3.21. The standard InChI is InChI=1S/C11H9NO3/c12-5-9(13)11(14)8-6-15-10-4-2-1-3-7(8)10/h1-4,6,9,11,13-14H. The third-order valence-electron chi connectivity index (χ3n) is 2.26. The Hall–Kier alpha value is -1.83. The zero-order valence-electron chi connectivity index (χ0n) is 7.79. The molecule has 1 aromatic heterocycles. The van der Waals surface area contributed by atoms with Crippen LogP contribution in [0.5, 0.6) is 0 Å². The molecule has 4 heteroatoms. The van der Waals surface area contributed by atoms with Crippen LogP contribution in [0.2, 0.25) is 0 Å². The lowest BCUT2D eigenvalue weighted by Crippen LogP contribution is -2.15. The van der Waals surface area contributed by atoms with Crippen molar-refractivity contribution >= 4 is 11.0 Å². The number of fused-ring (bicyclic) bond motifs is 1. The Morgan fingerprint density at radius 1 is 1.27 bits per heavy atom. The summed E-state index contributed by atoms with van der Waals surface area (Å²) in [5, 5.41) is 28.0. The summed E-state index contributed by atoms with van der Waals surface area (Å²) < 4.78 is 5.18. The molecule has 0 aliphatic rings. The van der Waals surface area contributed by atoms with E-state index in [0.717, 1.165) is 0 Å². The van der Waals surface area contributed by atoms with Crippen molar-refractivity contribution in [2.75, 3.05) is 0 Å². The highest BCUT2D eigenvalue weighted by Crippen LogP contribution is 2.27. The number of hydrogen-bond donors (Lipinski definition) is 2. The molecule has 2 rings (SSSR count). The lowest BCUT2D eigenvalue weighted by atomic mass is 10.0. The van der Waals surface area contributed by atoms with Crippen molar-refractivity contribution in [3.05, 3.63) is 36.1 Å². The van der Waals surface area contributed by atoms with Crippen molar-refractivity contribution in [2.24, 2.45) is 0 Å². The highest BCUT2D eigenvalue weighted by molar-refractivity contribution is 5.81. The Bertz CT molecular complexity index is 512. The number of para-hydroxylation sites is 1. The van der Waals surface area contributed by atoms with Crippen LogP contribution >= 0.6 is 0 Å². The molecular weight excluding hydrogens is 194 g/mol. The number of furan rings is 1. The molecule has 4 nitrogen and oxygen atoms in total. The first-order chi connectivity index (χ1) is 7.24. The second-order valence-corrected chi connectivity index (χ2v) is 3.21. The lowest BCUT2D eigenvalue weighted by Gasteiger charge is -2.09. The molecule has 0 saturated heterocycles. The third-order valence-corrected chi connectivity index (χ3v) is 2.26. The van der Waals surface area contributed by atoms with Crippen LogP contribution in [-0.4, -0.2) is 16.3 Å². The van der Waals surface area contributed by atoms with Crippen LogP contribution in [0.15, 0.2) is 34.9 Å². The number of nitriles is 1. The van der Waals surface area contributed by atoms with Crippen LogP contribution in [0.3, 0.4) is 0 Å². The molecule has 2 N–H and O–H groups in total. The Balaban J connectivity index is 2.49. The van der Waals surface area contributed by atoms with Crippen LogP contribution in [0.25, 0.3) is 11.0 Å². The van der Waals surface area contributed by atoms with E-state index in [2.05, 4.69) is 0 Å². The van der Waals surface area contributed by atoms with E-state index in [4.69, 9.17) is 9.68 Å². The fourth-order valence-electron chi connectivity index (χ4n) is 1.47. The molecule has 1 aromatic carbocycles. The number of benzene rings is 1. The summed E-state index contributed by atoms with van der Waals surface area (Å²) in [6, 6.07) is 8.71. The number of hydrogen-bond acceptors (Lipinski definition) is 4. The molecule has 2 unspecified atom stereocenters. The van der Waals surface area contributed by atoms with Gasteiger partial charge >= 0.3 is 0 Å². The molecule has 15 heavy (non-hydrogen) atoms. The molecule has 0 fully saturated rings. The SMILES string of the molecule is N#CC(O)C(O)c1coc2ccccc12. The summed E-state index contributed by atoms with van der Waals surface area (Å²) in [5.74, 6) is 0. The predicted octanol–water partition coefficient (Wildman–Crippen LogP) is 1.35. The molecule has 1 heterocycles. The summed E-state index contributed by atoms with van der Waals surface area (Å²) in [5.41, 5.74) is 1.05. The van der Waals surface area contributed by atoms with Gasteiger partial charge in [-0.15, -0.1) is 0 Å². The largest absolute Gasteiger partial charge is 0.464 e. The molecule has 0 aliphatic heterocycles. The van der Waals surface area contributed by atoms with Crippen molar-refractivity contribution < 1.29 is 14.6 Å². The molecule has 0 bridgehead atoms. The fraction of sp³-hybridized carbons (Fsp3) is 0.182. The van der Waals surface area contributed by atoms with E-state index in [1.54, 1.807) is 24.3 Å². The Morgan fingerprint density at radius 3 is 2.73 bits per heavy atom. The number of aliphatic hydroxyl groups is 2. The number of nitrogens with zero attached hydrogens (tertiary/aromatic N) is 1. The monoisotopic (exact) mass is 203 g/mol. The van der Waals surface area contributed by atoms with Gasteiger partial charge in [-0.1, -0.05) is 18.2 Å². The zero-order valence-corrected chi connectivity index (χ0v) is 7.79. The summed E-state index contributed by atoms with van der Waals surface area (Å²) in [7, 11) is 0. The van der Waals surface area contributed by atoms with E-state index in [-0.39, 0.29) is 0 Å². The first kappa shape index (κ1) is 9.71. The van der Waals surface area contributed by atoms with Crippen LogP contribution in [0.1, 0.15) is 11.7 Å². The molecule has 0 aliphatic carbocycles. The van der Waals surface area contributed by atoms with Crippen LogP contribution < -0.4 is 0 Å². The minimum Gasteiger partial charge on any atom is -0.464 e. The van der Waals surface area contributed by atoms with Crippen molar-refractivity contribution in [1.29, 1.82) is 5.26 Å². The molecule has 0 amide bonds. The maximum Gasteiger partial charge on any atom is 0.170 e. The molecule has 76 valence electrons. The van der Waals surface area contributed by atoms with Gasteiger partial charge in [0.15, 0.2) is 6.10 Å². The topological polar surface area (TPSA) is 77.4 Å². The third kappa shape index (κ3) is 1.59. The predicted molar refractivity (Wildman–Crippen MR) is 52.8 cm³/mol. The summed E-state index contributed by atoms with van der Waals surface area (Å²) in [4.78, 5) is 0. The van der Waals surface area contributed by atoms with Gasteiger partial charge in [-0.3, -0.25) is 0 Å². The van der Waals surface area contributed by atoms with Gasteiger partial charge < -0.3 is 14.6 Å². The van der Waals surface area contributed by atoms with E-state index in [9.17, 15) is 10.2 Å². The molecule has 0 spiro atoms. The quantitative estimate of drug-likeness (QED) is 0.722. The Labute approximate surface area is 86.0 Å². The second kappa shape index (κ2) is 3.73. The molecule has 0 radical (unpaired) electrons. The molecular formula is C11H9NO3. The normalized spacial score (nSPS) is 14.7. The first-order valence-electron chi connectivity index (χ1n) is 4.46. The van der Waals surface area contributed by atoms with Crippen molar-refractivity contribution in [3.8, 4) is 6.07 Å². The van der Waals surface area contributed by atoms with Crippen molar-refractivity contribution in [1.82, 2.24) is 0 Å². The van der Waals surface area contributed by atoms with Crippen LogP contribution in [0, 0.1) is 11.3 Å². The zero-order chi connectivity index (χ0) is 10.8. The molecule has 2 aromatic rings.